The monoisotopic (exact) mass is 342 g/mol. The molecule has 0 amide bonds. The summed E-state index contributed by atoms with van der Waals surface area (Å²) in [4.78, 5) is 11.2. The molecule has 0 heterocycles. The van der Waals surface area contributed by atoms with Crippen LogP contribution in [0.25, 0.3) is 0 Å². The predicted octanol–water partition coefficient (Wildman–Crippen LogP) is 5.14. The van der Waals surface area contributed by atoms with Gasteiger partial charge in [-0.2, -0.15) is 0 Å². The molecule has 0 aliphatic carbocycles. The van der Waals surface area contributed by atoms with E-state index in [2.05, 4.69) is 23.8 Å². The molecule has 0 radical (unpaired) electrons. The molecule has 0 aromatic rings. The molecule has 24 heavy (non-hydrogen) atoms. The standard InChI is InChI=1S/C20H38O4/c1-3-4-5-12-15-19(21)16-13-10-8-6-7-9-11-14-17-20(22)24-18-23-2/h10,13,19,21H,3-9,11-12,14-18H2,1-2H3/b13-10-/t19-/m1/s1. The Morgan fingerprint density at radius 3 is 2.46 bits per heavy atom. The molecule has 0 saturated heterocycles. The van der Waals surface area contributed by atoms with Crippen LogP contribution in [0, 0.1) is 0 Å². The van der Waals surface area contributed by atoms with E-state index in [0.717, 1.165) is 44.9 Å². The van der Waals surface area contributed by atoms with Gasteiger partial charge in [0.2, 0.25) is 0 Å². The first-order chi connectivity index (χ1) is 11.7. The van der Waals surface area contributed by atoms with E-state index in [4.69, 9.17) is 4.74 Å². The molecule has 1 N–H and O–H groups in total. The van der Waals surface area contributed by atoms with Crippen molar-refractivity contribution in [1.29, 1.82) is 0 Å². The maximum atomic E-state index is 11.2. The number of ether oxygens (including phenoxy) is 2. The van der Waals surface area contributed by atoms with E-state index in [1.807, 2.05) is 0 Å². The van der Waals surface area contributed by atoms with Crippen LogP contribution >= 0.6 is 0 Å². The van der Waals surface area contributed by atoms with Gasteiger partial charge >= 0.3 is 5.97 Å². The van der Waals surface area contributed by atoms with Crippen LogP contribution in [0.1, 0.15) is 90.4 Å². The van der Waals surface area contributed by atoms with Gasteiger partial charge in [-0.25, -0.2) is 0 Å². The highest BCUT2D eigenvalue weighted by Gasteiger charge is 2.02. The number of hydrogen-bond donors (Lipinski definition) is 1. The van der Waals surface area contributed by atoms with Crippen molar-refractivity contribution in [2.45, 2.75) is 96.5 Å². The Morgan fingerprint density at radius 2 is 1.71 bits per heavy atom. The summed E-state index contributed by atoms with van der Waals surface area (Å²) in [6.45, 7) is 2.26. The molecule has 1 atom stereocenters. The van der Waals surface area contributed by atoms with Gasteiger partial charge in [-0.15, -0.1) is 0 Å². The number of carbonyl (C=O) groups excluding carboxylic acids is 1. The normalized spacial score (nSPS) is 12.6. The Labute approximate surface area is 148 Å². The van der Waals surface area contributed by atoms with E-state index >= 15 is 0 Å². The van der Waals surface area contributed by atoms with Crippen LogP contribution < -0.4 is 0 Å². The highest BCUT2D eigenvalue weighted by atomic mass is 16.7. The van der Waals surface area contributed by atoms with Crippen LogP contribution in [-0.2, 0) is 14.3 Å². The van der Waals surface area contributed by atoms with E-state index in [0.29, 0.717) is 6.42 Å². The molecule has 0 aliphatic heterocycles. The van der Waals surface area contributed by atoms with Crippen molar-refractivity contribution in [3.8, 4) is 0 Å². The Morgan fingerprint density at radius 1 is 1.00 bits per heavy atom. The topological polar surface area (TPSA) is 55.8 Å². The molecule has 0 bridgehead atoms. The zero-order valence-electron chi connectivity index (χ0n) is 15.8. The second kappa shape index (κ2) is 18.5. The summed E-state index contributed by atoms with van der Waals surface area (Å²) >= 11 is 0. The summed E-state index contributed by atoms with van der Waals surface area (Å²) in [6.07, 6.45) is 17.8. The van der Waals surface area contributed by atoms with Gasteiger partial charge in [-0.05, 0) is 32.1 Å². The molecule has 0 aliphatic rings. The summed E-state index contributed by atoms with van der Waals surface area (Å²) < 4.78 is 9.51. The lowest BCUT2D eigenvalue weighted by molar-refractivity contribution is -0.154. The summed E-state index contributed by atoms with van der Waals surface area (Å²) in [6, 6.07) is 0. The zero-order valence-corrected chi connectivity index (χ0v) is 15.8. The number of carbonyl (C=O) groups is 1. The first kappa shape index (κ1) is 23.1. The van der Waals surface area contributed by atoms with Crippen molar-refractivity contribution in [1.82, 2.24) is 0 Å². The summed E-state index contributed by atoms with van der Waals surface area (Å²) in [5.41, 5.74) is 0. The van der Waals surface area contributed by atoms with Crippen LogP contribution in [0.5, 0.6) is 0 Å². The smallest absolute Gasteiger partial charge is 0.307 e. The number of hydrogen-bond acceptors (Lipinski definition) is 4. The predicted molar refractivity (Wildman–Crippen MR) is 98.8 cm³/mol. The van der Waals surface area contributed by atoms with Gasteiger partial charge in [0.1, 0.15) is 0 Å². The Hall–Kier alpha value is -0.870. The van der Waals surface area contributed by atoms with Gasteiger partial charge in [0, 0.05) is 13.5 Å². The number of unbranched alkanes of at least 4 members (excludes halogenated alkanes) is 8. The van der Waals surface area contributed by atoms with E-state index in [9.17, 15) is 9.90 Å². The molecule has 0 aromatic heterocycles. The molecule has 0 spiro atoms. The number of aliphatic hydroxyl groups excluding tert-OH is 1. The Bertz CT molecular complexity index is 302. The molecular weight excluding hydrogens is 304 g/mol. The maximum Gasteiger partial charge on any atom is 0.307 e. The molecule has 0 aromatic carbocycles. The molecule has 0 unspecified atom stereocenters. The quantitative estimate of drug-likeness (QED) is 0.172. The van der Waals surface area contributed by atoms with Gasteiger partial charge in [0.05, 0.1) is 6.10 Å². The van der Waals surface area contributed by atoms with Crippen molar-refractivity contribution >= 4 is 5.97 Å². The summed E-state index contributed by atoms with van der Waals surface area (Å²) in [5.74, 6) is -0.173. The highest BCUT2D eigenvalue weighted by Crippen LogP contribution is 2.10. The van der Waals surface area contributed by atoms with E-state index < -0.39 is 0 Å². The summed E-state index contributed by atoms with van der Waals surface area (Å²) in [5, 5.41) is 9.85. The second-order valence-corrected chi connectivity index (χ2v) is 6.44. The second-order valence-electron chi connectivity index (χ2n) is 6.44. The Balaban J connectivity index is 3.30. The van der Waals surface area contributed by atoms with Crippen molar-refractivity contribution < 1.29 is 19.4 Å². The molecule has 0 saturated carbocycles. The number of allylic oxidation sites excluding steroid dienone is 1. The van der Waals surface area contributed by atoms with Crippen LogP contribution in [0.15, 0.2) is 12.2 Å². The zero-order chi connectivity index (χ0) is 17.9. The lowest BCUT2D eigenvalue weighted by atomic mass is 10.1. The molecular formula is C20H38O4. The highest BCUT2D eigenvalue weighted by molar-refractivity contribution is 5.69. The van der Waals surface area contributed by atoms with Crippen molar-refractivity contribution in [3.05, 3.63) is 12.2 Å². The van der Waals surface area contributed by atoms with E-state index in [1.54, 1.807) is 0 Å². The Kier molecular flexibility index (Phi) is 17.8. The molecule has 0 fully saturated rings. The molecule has 4 heteroatoms. The SMILES string of the molecule is CCCCCC[C@@H](O)C/C=C\CCCCCCCC(=O)OCOC. The third-order valence-corrected chi connectivity index (χ3v) is 4.06. The number of esters is 1. The number of methoxy groups -OCH3 is 1. The minimum Gasteiger partial charge on any atom is -0.438 e. The molecule has 0 rings (SSSR count). The van der Waals surface area contributed by atoms with Crippen molar-refractivity contribution in [2.75, 3.05) is 13.9 Å². The first-order valence-corrected chi connectivity index (χ1v) is 9.68. The van der Waals surface area contributed by atoms with Crippen LogP contribution in [0.4, 0.5) is 0 Å². The summed E-state index contributed by atoms with van der Waals surface area (Å²) in [7, 11) is 1.51. The van der Waals surface area contributed by atoms with Gasteiger partial charge in [-0.3, -0.25) is 4.79 Å². The molecule has 4 nitrogen and oxygen atoms in total. The van der Waals surface area contributed by atoms with Crippen LogP contribution in [0.3, 0.4) is 0 Å². The van der Waals surface area contributed by atoms with Gasteiger partial charge in [0.15, 0.2) is 6.79 Å². The first-order valence-electron chi connectivity index (χ1n) is 9.68. The van der Waals surface area contributed by atoms with Crippen LogP contribution in [0.2, 0.25) is 0 Å². The average molecular weight is 343 g/mol. The lowest BCUT2D eigenvalue weighted by Gasteiger charge is -2.07. The fourth-order valence-corrected chi connectivity index (χ4v) is 2.55. The fraction of sp³-hybridized carbons (Fsp3) is 0.850. The minimum atomic E-state index is -0.173. The van der Waals surface area contributed by atoms with Crippen LogP contribution in [-0.4, -0.2) is 31.1 Å². The molecule has 142 valence electrons. The van der Waals surface area contributed by atoms with Crippen molar-refractivity contribution in [3.63, 3.8) is 0 Å². The fourth-order valence-electron chi connectivity index (χ4n) is 2.55. The van der Waals surface area contributed by atoms with E-state index in [1.165, 1.54) is 39.2 Å². The minimum absolute atomic E-state index is 0.0542. The van der Waals surface area contributed by atoms with Gasteiger partial charge in [-0.1, -0.05) is 64.0 Å². The number of aliphatic hydroxyl groups is 1. The lowest BCUT2D eigenvalue weighted by Crippen LogP contribution is -2.06. The maximum absolute atomic E-state index is 11.2. The third-order valence-electron chi connectivity index (χ3n) is 4.06. The average Bonchev–Trinajstić information content (AvgIpc) is 2.58. The number of rotatable bonds is 17. The third kappa shape index (κ3) is 17.5. The largest absolute Gasteiger partial charge is 0.438 e. The van der Waals surface area contributed by atoms with E-state index in [-0.39, 0.29) is 18.9 Å². The van der Waals surface area contributed by atoms with Crippen molar-refractivity contribution in [2.24, 2.45) is 0 Å². The van der Waals surface area contributed by atoms with Gasteiger partial charge in [0.25, 0.3) is 0 Å². The van der Waals surface area contributed by atoms with Gasteiger partial charge < -0.3 is 14.6 Å².